The van der Waals surface area contributed by atoms with E-state index in [4.69, 9.17) is 10.2 Å². The molecule has 8 heteroatoms. The standard InChI is InChI=1S/C6H4O4S.6C6H5.O.2Sn/c7-5(8)3-1-2-4(11-3)6(9)10;6*1-2-4-6-5-3-1;;;/h1-2H,(H,7,8)(H,9,10);6*1-5H;;;/q;;;;;;;-2;2*+1. The number of hydrogen-bond acceptors (Lipinski definition) is 3. The van der Waals surface area contributed by atoms with Crippen LogP contribution in [0.15, 0.2) is 194 Å². The van der Waals surface area contributed by atoms with Gasteiger partial charge >= 0.3 is 255 Å². The van der Waals surface area contributed by atoms with Crippen LogP contribution in [0.1, 0.15) is 19.3 Å². The molecule has 0 unspecified atom stereocenters. The molecule has 0 fully saturated rings. The molecule has 1 heterocycles. The number of rotatable bonds is 8. The first-order valence-electron chi connectivity index (χ1n) is 15.6. The van der Waals surface area contributed by atoms with Crippen LogP contribution in [0.2, 0.25) is 0 Å². The zero-order chi connectivity index (χ0) is 34.3. The van der Waals surface area contributed by atoms with Crippen LogP contribution in [0.4, 0.5) is 0 Å². The monoisotopic (exact) mass is 890 g/mol. The Hall–Kier alpha value is -4.48. The van der Waals surface area contributed by atoms with Gasteiger partial charge in [-0.1, -0.05) is 0 Å². The maximum absolute atomic E-state index is 10.3. The van der Waals surface area contributed by atoms with E-state index in [-0.39, 0.29) is 15.2 Å². The number of thiophene rings is 1. The second kappa shape index (κ2) is 20.3. The van der Waals surface area contributed by atoms with Gasteiger partial charge in [0.05, 0.1) is 0 Å². The summed E-state index contributed by atoms with van der Waals surface area (Å²) in [5, 5.41) is 16.8. The molecule has 1 aromatic heterocycles. The Bertz CT molecular complexity index is 1680. The van der Waals surface area contributed by atoms with Crippen LogP contribution in [0.3, 0.4) is 0 Å². The van der Waals surface area contributed by atoms with Crippen molar-refractivity contribution in [2.45, 2.75) is 0 Å². The third kappa shape index (κ3) is 11.0. The molecule has 246 valence electrons. The molecule has 0 aliphatic carbocycles. The Morgan fingerprint density at radius 3 is 0.660 bits per heavy atom. The molecule has 0 saturated heterocycles. The summed E-state index contributed by atoms with van der Waals surface area (Å²) in [5.41, 5.74) is 0. The van der Waals surface area contributed by atoms with Gasteiger partial charge in [-0.15, -0.1) is 11.3 Å². The fourth-order valence-electron chi connectivity index (χ4n) is 5.20. The average Bonchev–Trinajstić information content (AvgIpc) is 3.67. The van der Waals surface area contributed by atoms with Crippen molar-refractivity contribution < 1.29 is 25.3 Å². The molecule has 7 rings (SSSR count). The first kappa shape index (κ1) is 38.3. The third-order valence-corrected chi connectivity index (χ3v) is 24.1. The van der Waals surface area contributed by atoms with Crippen molar-refractivity contribution in [2.24, 2.45) is 0 Å². The summed E-state index contributed by atoms with van der Waals surface area (Å²) in [6.45, 7) is 0. The Kier molecular flexibility index (Phi) is 15.5. The van der Waals surface area contributed by atoms with E-state index < -0.39 is 51.5 Å². The summed E-state index contributed by atoms with van der Waals surface area (Å²) in [6.07, 6.45) is 0. The third-order valence-electron chi connectivity index (χ3n) is 7.40. The zero-order valence-corrected chi connectivity index (χ0v) is 33.5. The van der Waals surface area contributed by atoms with Crippen LogP contribution in [0, 0.1) is 0 Å². The van der Waals surface area contributed by atoms with E-state index in [2.05, 4.69) is 182 Å². The molecule has 7 aromatic rings. The quantitative estimate of drug-likeness (QED) is 0.199. The number of carboxylic acids is 2. The number of carboxylic acid groups (broad SMARTS) is 2. The molecule has 0 saturated carbocycles. The number of aromatic carboxylic acids is 2. The van der Waals surface area contributed by atoms with Gasteiger partial charge in [0.15, 0.2) is 0 Å². The van der Waals surface area contributed by atoms with Crippen LogP contribution < -0.4 is 21.5 Å². The summed E-state index contributed by atoms with van der Waals surface area (Å²) in [4.78, 5) is 20.6. The van der Waals surface area contributed by atoms with Crippen molar-refractivity contribution in [3.05, 3.63) is 204 Å². The minimum atomic E-state index is -1.98. The van der Waals surface area contributed by atoms with Gasteiger partial charge in [0.2, 0.25) is 0 Å². The Labute approximate surface area is 311 Å². The topological polar surface area (TPSA) is 103 Å². The number of carbonyl (C=O) groups is 2. The van der Waals surface area contributed by atoms with E-state index >= 15 is 0 Å². The number of hydrogen-bond donors (Lipinski definition) is 2. The van der Waals surface area contributed by atoms with Crippen LogP contribution in [0.5, 0.6) is 0 Å². The molecule has 0 spiro atoms. The first-order valence-corrected chi connectivity index (χ1v) is 25.0. The molecule has 0 aliphatic heterocycles. The van der Waals surface area contributed by atoms with Crippen molar-refractivity contribution in [2.75, 3.05) is 0 Å². The van der Waals surface area contributed by atoms with E-state index in [1.807, 2.05) is 0 Å². The molecular weight excluding hydrogens is 854 g/mol. The second-order valence-electron chi connectivity index (χ2n) is 10.7. The minimum absolute atomic E-state index is 0. The molecule has 0 atom stereocenters. The molecular formula is C42H34O5SSn2. The van der Waals surface area contributed by atoms with Crippen LogP contribution >= 0.6 is 11.3 Å². The van der Waals surface area contributed by atoms with E-state index in [0.717, 1.165) is 11.3 Å². The summed E-state index contributed by atoms with van der Waals surface area (Å²) in [7, 11) is 0. The van der Waals surface area contributed by atoms with Gasteiger partial charge in [0.25, 0.3) is 0 Å². The van der Waals surface area contributed by atoms with Gasteiger partial charge in [0, 0.05) is 0 Å². The van der Waals surface area contributed by atoms with Gasteiger partial charge in [0.1, 0.15) is 9.75 Å². The number of benzene rings is 6. The first-order chi connectivity index (χ1) is 24.0. The summed E-state index contributed by atoms with van der Waals surface area (Å²) < 4.78 is 9.18. The van der Waals surface area contributed by atoms with Crippen molar-refractivity contribution in [3.8, 4) is 0 Å². The van der Waals surface area contributed by atoms with Gasteiger partial charge in [-0.05, 0) is 12.1 Å². The summed E-state index contributed by atoms with van der Waals surface area (Å²) >= 11 is -3.21. The van der Waals surface area contributed by atoms with E-state index in [9.17, 15) is 9.59 Å². The van der Waals surface area contributed by atoms with E-state index in [0.29, 0.717) is 0 Å². The van der Waals surface area contributed by atoms with Gasteiger partial charge < -0.3 is 15.7 Å². The predicted octanol–water partition coefficient (Wildman–Crippen LogP) is 5.43. The Morgan fingerprint density at radius 1 is 0.340 bits per heavy atom. The molecule has 5 nitrogen and oxygen atoms in total. The van der Waals surface area contributed by atoms with Gasteiger partial charge in [-0.2, -0.15) is 0 Å². The van der Waals surface area contributed by atoms with Crippen molar-refractivity contribution in [1.29, 1.82) is 0 Å². The molecule has 50 heavy (non-hydrogen) atoms. The Balaban J connectivity index is 0.000000174. The average molecular weight is 888 g/mol. The van der Waals surface area contributed by atoms with Crippen molar-refractivity contribution >= 4 is 84.3 Å². The summed E-state index contributed by atoms with van der Waals surface area (Å²) in [5.74, 6) is -2.19. The normalized spacial score (nSPS) is 9.76. The van der Waals surface area contributed by atoms with Gasteiger partial charge in [-0.25, -0.2) is 9.59 Å². The second-order valence-corrected chi connectivity index (χ2v) is 26.0. The van der Waals surface area contributed by atoms with E-state index in [1.54, 1.807) is 0 Å². The molecule has 6 aromatic carbocycles. The van der Waals surface area contributed by atoms with Crippen LogP contribution in [-0.2, 0) is 5.48 Å². The van der Waals surface area contributed by atoms with Crippen LogP contribution in [0.25, 0.3) is 0 Å². The SMILES string of the molecule is O=C(O)c1ccc(C(=O)O)s1.[O-2].c1cc[c]([Sn+]([c]2ccccc2)[c]2ccccc2)cc1.c1cc[c]([Sn+]([c]2ccccc2)[c]2ccccc2)cc1. The van der Waals surface area contributed by atoms with Gasteiger partial charge in [-0.3, -0.25) is 0 Å². The van der Waals surface area contributed by atoms with Crippen molar-refractivity contribution in [1.82, 2.24) is 0 Å². The molecule has 0 radical (unpaired) electrons. The molecule has 2 N–H and O–H groups in total. The zero-order valence-electron chi connectivity index (χ0n) is 27.0. The molecule has 0 bridgehead atoms. The molecule has 0 aliphatic rings. The molecule has 0 amide bonds. The summed E-state index contributed by atoms with van der Waals surface area (Å²) in [6, 6.07) is 68.4. The Morgan fingerprint density at radius 2 is 0.520 bits per heavy atom. The predicted molar refractivity (Wildman–Crippen MR) is 207 cm³/mol. The van der Waals surface area contributed by atoms with Crippen molar-refractivity contribution in [3.63, 3.8) is 0 Å². The van der Waals surface area contributed by atoms with Crippen LogP contribution in [-0.4, -0.2) is 61.7 Å². The fraction of sp³-hybridized carbons (Fsp3) is 0. The maximum atomic E-state index is 10.3. The van der Waals surface area contributed by atoms with E-state index in [1.165, 1.54) is 33.6 Å². The fourth-order valence-corrected chi connectivity index (χ4v) is 20.6.